The number of rotatable bonds is 10. The lowest BCUT2D eigenvalue weighted by atomic mass is 9.97. The molecule has 0 aromatic carbocycles. The highest BCUT2D eigenvalue weighted by Crippen LogP contribution is 2.24. The zero-order chi connectivity index (χ0) is 15.2. The third kappa shape index (κ3) is 6.21. The zero-order valence-corrected chi connectivity index (χ0v) is 13.9. The highest BCUT2D eigenvalue weighted by Gasteiger charge is 2.32. The fourth-order valence-electron chi connectivity index (χ4n) is 2.81. The summed E-state index contributed by atoms with van der Waals surface area (Å²) < 4.78 is 0. The monoisotopic (exact) mass is 280 g/mol. The molecule has 1 saturated carbocycles. The summed E-state index contributed by atoms with van der Waals surface area (Å²) in [6.07, 6.45) is 4.48. The smallest absolute Gasteiger partial charge is 0.104 e. The van der Waals surface area contributed by atoms with Crippen molar-refractivity contribution in [3.8, 4) is 6.07 Å². The molecule has 2 atom stereocenters. The normalized spacial score (nSPS) is 19.9. The Morgan fingerprint density at radius 3 is 2.50 bits per heavy atom. The Kier molecular flexibility index (Phi) is 6.94. The highest BCUT2D eigenvalue weighted by molar-refractivity contribution is 5.07. The molecule has 0 aliphatic heterocycles. The summed E-state index contributed by atoms with van der Waals surface area (Å²) in [6, 6.07) is 3.63. The van der Waals surface area contributed by atoms with E-state index >= 15 is 0 Å². The van der Waals surface area contributed by atoms with Crippen molar-refractivity contribution in [2.45, 2.75) is 64.1 Å². The zero-order valence-electron chi connectivity index (χ0n) is 13.9. The number of nitrogens with zero attached hydrogens (tertiary/aromatic N) is 3. The van der Waals surface area contributed by atoms with Gasteiger partial charge in [-0.05, 0) is 66.7 Å². The quantitative estimate of drug-likeness (QED) is 0.665. The number of likely N-dealkylation sites (N-methyl/N-ethyl adjacent to an activating group) is 2. The maximum atomic E-state index is 9.38. The minimum Gasteiger partial charge on any atom is -0.308 e. The molecule has 0 spiro atoms. The molecule has 116 valence electrons. The Hall–Kier alpha value is -0.630. The minimum atomic E-state index is -0.342. The van der Waals surface area contributed by atoms with Crippen molar-refractivity contribution >= 4 is 0 Å². The predicted octanol–water partition coefficient (Wildman–Crippen LogP) is 2.07. The first-order valence-electron chi connectivity index (χ1n) is 7.98. The van der Waals surface area contributed by atoms with E-state index in [0.717, 1.165) is 32.5 Å². The predicted molar refractivity (Wildman–Crippen MR) is 84.7 cm³/mol. The molecular weight excluding hydrogens is 248 g/mol. The lowest BCUT2D eigenvalue weighted by Gasteiger charge is -2.31. The summed E-state index contributed by atoms with van der Waals surface area (Å²) >= 11 is 0. The van der Waals surface area contributed by atoms with Crippen molar-refractivity contribution in [2.75, 3.05) is 33.7 Å². The van der Waals surface area contributed by atoms with Crippen LogP contribution >= 0.6 is 0 Å². The van der Waals surface area contributed by atoms with Crippen molar-refractivity contribution in [2.24, 2.45) is 0 Å². The van der Waals surface area contributed by atoms with E-state index in [4.69, 9.17) is 0 Å². The van der Waals surface area contributed by atoms with Crippen LogP contribution in [0.4, 0.5) is 0 Å². The van der Waals surface area contributed by atoms with Crippen LogP contribution in [0.3, 0.4) is 0 Å². The first kappa shape index (κ1) is 17.4. The summed E-state index contributed by atoms with van der Waals surface area (Å²) in [7, 11) is 4.24. The van der Waals surface area contributed by atoms with Crippen molar-refractivity contribution < 1.29 is 0 Å². The molecule has 1 N–H and O–H groups in total. The van der Waals surface area contributed by atoms with Gasteiger partial charge in [0.05, 0.1) is 6.07 Å². The van der Waals surface area contributed by atoms with Crippen LogP contribution in [0.1, 0.15) is 46.5 Å². The van der Waals surface area contributed by atoms with Gasteiger partial charge >= 0.3 is 0 Å². The first-order chi connectivity index (χ1) is 9.40. The molecule has 0 radical (unpaired) electrons. The van der Waals surface area contributed by atoms with Crippen molar-refractivity contribution in [1.29, 1.82) is 5.26 Å². The lowest BCUT2D eigenvalue weighted by Crippen LogP contribution is -2.44. The summed E-state index contributed by atoms with van der Waals surface area (Å²) in [4.78, 5) is 4.75. The molecule has 0 aromatic heterocycles. The number of hydrogen-bond acceptors (Lipinski definition) is 4. The van der Waals surface area contributed by atoms with Crippen molar-refractivity contribution in [3.63, 3.8) is 0 Å². The Morgan fingerprint density at radius 2 is 2.05 bits per heavy atom. The second kappa shape index (κ2) is 7.97. The van der Waals surface area contributed by atoms with Gasteiger partial charge in [0.1, 0.15) is 5.54 Å². The minimum absolute atomic E-state index is 0.342. The fraction of sp³-hybridized carbons (Fsp3) is 0.938. The van der Waals surface area contributed by atoms with Gasteiger partial charge in [-0.1, -0.05) is 6.92 Å². The number of nitrogens with one attached hydrogen (secondary N) is 1. The highest BCUT2D eigenvalue weighted by atomic mass is 15.2. The van der Waals surface area contributed by atoms with E-state index < -0.39 is 0 Å². The summed E-state index contributed by atoms with van der Waals surface area (Å²) in [5.41, 5.74) is -0.342. The third-order valence-electron chi connectivity index (χ3n) is 4.13. The van der Waals surface area contributed by atoms with Gasteiger partial charge in [0.25, 0.3) is 0 Å². The topological polar surface area (TPSA) is 42.3 Å². The van der Waals surface area contributed by atoms with Gasteiger partial charge in [-0.3, -0.25) is 10.2 Å². The second-order valence-corrected chi connectivity index (χ2v) is 6.71. The van der Waals surface area contributed by atoms with E-state index in [9.17, 15) is 5.26 Å². The van der Waals surface area contributed by atoms with Gasteiger partial charge < -0.3 is 4.90 Å². The van der Waals surface area contributed by atoms with Crippen molar-refractivity contribution in [3.05, 3.63) is 0 Å². The van der Waals surface area contributed by atoms with E-state index in [0.29, 0.717) is 12.1 Å². The van der Waals surface area contributed by atoms with Crippen LogP contribution in [0.2, 0.25) is 0 Å². The molecule has 1 aliphatic rings. The lowest BCUT2D eigenvalue weighted by molar-refractivity contribution is 0.175. The molecule has 4 nitrogen and oxygen atoms in total. The molecule has 2 unspecified atom stereocenters. The average Bonchev–Trinajstić information content (AvgIpc) is 3.17. The summed E-state index contributed by atoms with van der Waals surface area (Å²) in [5.74, 6) is 0. The van der Waals surface area contributed by atoms with Crippen LogP contribution in [0.15, 0.2) is 0 Å². The molecule has 1 fully saturated rings. The Balaban J connectivity index is 2.34. The third-order valence-corrected chi connectivity index (χ3v) is 4.13. The van der Waals surface area contributed by atoms with E-state index in [1.54, 1.807) is 0 Å². The number of hydrogen-bond donors (Lipinski definition) is 1. The van der Waals surface area contributed by atoms with Gasteiger partial charge in [-0.25, -0.2) is 0 Å². The Morgan fingerprint density at radius 1 is 1.40 bits per heavy atom. The van der Waals surface area contributed by atoms with E-state index in [1.807, 2.05) is 6.92 Å². The molecule has 20 heavy (non-hydrogen) atoms. The molecule has 0 heterocycles. The molecule has 4 heteroatoms. The van der Waals surface area contributed by atoms with Gasteiger partial charge in [0, 0.05) is 18.6 Å². The molecule has 1 rings (SSSR count). The Labute approximate surface area is 125 Å². The van der Waals surface area contributed by atoms with Gasteiger partial charge in [-0.2, -0.15) is 5.26 Å². The fourth-order valence-corrected chi connectivity index (χ4v) is 2.81. The molecule has 0 amide bonds. The maximum Gasteiger partial charge on any atom is 0.104 e. The Bertz CT molecular complexity index is 319. The van der Waals surface area contributed by atoms with Crippen LogP contribution in [-0.4, -0.2) is 61.2 Å². The molecular formula is C16H32N4. The molecule has 0 bridgehead atoms. The van der Waals surface area contributed by atoms with Crippen LogP contribution in [0, 0.1) is 11.3 Å². The second-order valence-electron chi connectivity index (χ2n) is 6.71. The molecule has 0 saturated heterocycles. The van der Waals surface area contributed by atoms with Crippen LogP contribution < -0.4 is 5.32 Å². The van der Waals surface area contributed by atoms with Crippen LogP contribution in [-0.2, 0) is 0 Å². The first-order valence-corrected chi connectivity index (χ1v) is 7.98. The van der Waals surface area contributed by atoms with Crippen molar-refractivity contribution in [1.82, 2.24) is 15.1 Å². The summed E-state index contributed by atoms with van der Waals surface area (Å²) in [6.45, 7) is 9.80. The molecule has 0 aromatic rings. The summed E-state index contributed by atoms with van der Waals surface area (Å²) in [5, 5.41) is 12.9. The van der Waals surface area contributed by atoms with Gasteiger partial charge in [-0.15, -0.1) is 0 Å². The SMILES string of the molecule is CCN(CCCC(C)(C#N)NC1CC1)C(C)CN(C)C. The van der Waals surface area contributed by atoms with Crippen LogP contribution in [0.5, 0.6) is 0 Å². The van der Waals surface area contributed by atoms with E-state index in [-0.39, 0.29) is 5.54 Å². The van der Waals surface area contributed by atoms with Crippen LogP contribution in [0.25, 0.3) is 0 Å². The maximum absolute atomic E-state index is 9.38. The average molecular weight is 280 g/mol. The van der Waals surface area contributed by atoms with Gasteiger partial charge in [0.2, 0.25) is 0 Å². The van der Waals surface area contributed by atoms with E-state index in [1.165, 1.54) is 12.8 Å². The standard InChI is InChI=1S/C16H32N4/c1-6-20(14(2)12-19(4)5)11-7-10-16(3,13-17)18-15-8-9-15/h14-15,18H,6-12H2,1-5H3. The molecule has 1 aliphatic carbocycles. The number of nitriles is 1. The van der Waals surface area contributed by atoms with Gasteiger partial charge in [0.15, 0.2) is 0 Å². The largest absolute Gasteiger partial charge is 0.308 e. The van der Waals surface area contributed by atoms with E-state index in [2.05, 4.69) is 49.1 Å².